The molecular formula is C19H21ClF2N2OS. The van der Waals surface area contributed by atoms with Gasteiger partial charge in [-0.15, -0.1) is 24.2 Å². The van der Waals surface area contributed by atoms with Crippen molar-refractivity contribution in [1.82, 2.24) is 10.6 Å². The Hall–Kier alpha value is -1.63. The molecule has 1 fully saturated rings. The third-order valence-electron chi connectivity index (χ3n) is 4.12. The predicted octanol–water partition coefficient (Wildman–Crippen LogP) is 4.09. The molecule has 2 aromatic rings. The molecule has 0 saturated carbocycles. The van der Waals surface area contributed by atoms with Gasteiger partial charge in [0.25, 0.3) is 0 Å². The number of nitrogens with one attached hydrogen (secondary N) is 2. The van der Waals surface area contributed by atoms with Crippen molar-refractivity contribution < 1.29 is 13.6 Å². The molecule has 0 bridgehead atoms. The van der Waals surface area contributed by atoms with E-state index >= 15 is 0 Å². The molecule has 1 heterocycles. The lowest BCUT2D eigenvalue weighted by Gasteiger charge is -2.26. The van der Waals surface area contributed by atoms with Gasteiger partial charge in [0, 0.05) is 23.5 Å². The molecule has 3 rings (SSSR count). The van der Waals surface area contributed by atoms with Crippen molar-refractivity contribution in [2.24, 2.45) is 0 Å². The average Bonchev–Trinajstić information content (AvgIpc) is 2.62. The number of rotatable bonds is 5. The maximum Gasteiger partial charge on any atom is 0.238 e. The topological polar surface area (TPSA) is 41.1 Å². The number of hydrogen-bond acceptors (Lipinski definition) is 3. The molecular weight excluding hydrogens is 378 g/mol. The molecule has 3 nitrogen and oxygen atoms in total. The first-order valence-corrected chi connectivity index (χ1v) is 9.19. The van der Waals surface area contributed by atoms with E-state index in [0.717, 1.165) is 49.3 Å². The summed E-state index contributed by atoms with van der Waals surface area (Å²) < 4.78 is 27.2. The van der Waals surface area contributed by atoms with E-state index in [0.29, 0.717) is 0 Å². The lowest BCUT2D eigenvalue weighted by Crippen LogP contribution is -2.46. The van der Waals surface area contributed by atoms with Gasteiger partial charge in [-0.25, -0.2) is 8.78 Å². The third kappa shape index (κ3) is 5.43. The van der Waals surface area contributed by atoms with Gasteiger partial charge in [0.05, 0.1) is 0 Å². The number of hydrogen-bond donors (Lipinski definition) is 2. The molecule has 140 valence electrons. The van der Waals surface area contributed by atoms with Gasteiger partial charge in [-0.2, -0.15) is 0 Å². The van der Waals surface area contributed by atoms with Gasteiger partial charge in [-0.1, -0.05) is 30.3 Å². The lowest BCUT2D eigenvalue weighted by molar-refractivity contribution is -0.121. The van der Waals surface area contributed by atoms with Crippen LogP contribution in [0, 0.1) is 11.6 Å². The summed E-state index contributed by atoms with van der Waals surface area (Å²) in [4.78, 5) is 13.1. The summed E-state index contributed by atoms with van der Waals surface area (Å²) in [5, 5.41) is 5.72. The number of thioether (sulfide) groups is 1. The SMILES string of the molecule is Cl.O=C(NC1CCCNC1)C(Sc1ccc(F)cc1F)c1ccccc1. The van der Waals surface area contributed by atoms with E-state index in [2.05, 4.69) is 10.6 Å². The van der Waals surface area contributed by atoms with E-state index in [1.807, 2.05) is 30.3 Å². The zero-order chi connectivity index (χ0) is 17.6. The number of halogens is 3. The second-order valence-corrected chi connectivity index (χ2v) is 7.18. The minimum atomic E-state index is -0.655. The predicted molar refractivity (Wildman–Crippen MR) is 103 cm³/mol. The van der Waals surface area contributed by atoms with Crippen molar-refractivity contribution >= 4 is 30.1 Å². The molecule has 0 aromatic heterocycles. The van der Waals surface area contributed by atoms with Crippen LogP contribution in [0.15, 0.2) is 53.4 Å². The maximum atomic E-state index is 14.0. The molecule has 1 saturated heterocycles. The number of amides is 1. The van der Waals surface area contributed by atoms with Crippen molar-refractivity contribution in [3.05, 3.63) is 65.7 Å². The number of carbonyl (C=O) groups is 1. The summed E-state index contributed by atoms with van der Waals surface area (Å²) in [6.45, 7) is 1.70. The van der Waals surface area contributed by atoms with Crippen LogP contribution in [0.1, 0.15) is 23.7 Å². The Bertz CT molecular complexity index is 727. The Kier molecular flexibility index (Phi) is 7.87. The minimum Gasteiger partial charge on any atom is -0.351 e. The van der Waals surface area contributed by atoms with Crippen LogP contribution in [0.4, 0.5) is 8.78 Å². The summed E-state index contributed by atoms with van der Waals surface area (Å²) in [5.74, 6) is -1.44. The fourth-order valence-corrected chi connectivity index (χ4v) is 3.89. The fraction of sp³-hybridized carbons (Fsp3) is 0.316. The Morgan fingerprint density at radius 3 is 2.62 bits per heavy atom. The van der Waals surface area contributed by atoms with Crippen molar-refractivity contribution in [2.45, 2.75) is 29.0 Å². The molecule has 0 radical (unpaired) electrons. The number of carbonyl (C=O) groups excluding carboxylic acids is 1. The first kappa shape index (κ1) is 20.7. The summed E-state index contributed by atoms with van der Waals surface area (Å²) >= 11 is 1.10. The molecule has 2 N–H and O–H groups in total. The minimum absolute atomic E-state index is 0. The molecule has 0 spiro atoms. The zero-order valence-corrected chi connectivity index (χ0v) is 15.7. The molecule has 7 heteroatoms. The largest absolute Gasteiger partial charge is 0.351 e. The van der Waals surface area contributed by atoms with Crippen molar-refractivity contribution in [1.29, 1.82) is 0 Å². The monoisotopic (exact) mass is 398 g/mol. The highest BCUT2D eigenvalue weighted by atomic mass is 35.5. The third-order valence-corrected chi connectivity index (χ3v) is 5.43. The number of benzene rings is 2. The summed E-state index contributed by atoms with van der Waals surface area (Å²) in [6, 6.07) is 12.7. The maximum absolute atomic E-state index is 14.0. The Balaban J connectivity index is 0.00000243. The van der Waals surface area contributed by atoms with Gasteiger partial charge in [0.15, 0.2) is 0 Å². The van der Waals surface area contributed by atoms with E-state index in [1.165, 1.54) is 12.1 Å². The van der Waals surface area contributed by atoms with Gasteiger partial charge in [-0.05, 0) is 37.1 Å². The first-order chi connectivity index (χ1) is 12.1. The highest BCUT2D eigenvalue weighted by Crippen LogP contribution is 2.37. The molecule has 1 amide bonds. The van der Waals surface area contributed by atoms with E-state index < -0.39 is 16.9 Å². The van der Waals surface area contributed by atoms with E-state index in [-0.39, 0.29) is 29.3 Å². The second kappa shape index (κ2) is 9.90. The van der Waals surface area contributed by atoms with Gasteiger partial charge in [-0.3, -0.25) is 4.79 Å². The van der Waals surface area contributed by atoms with Crippen LogP contribution < -0.4 is 10.6 Å². The highest BCUT2D eigenvalue weighted by Gasteiger charge is 2.26. The van der Waals surface area contributed by atoms with Crippen LogP contribution >= 0.6 is 24.2 Å². The van der Waals surface area contributed by atoms with Crippen LogP contribution in [0.3, 0.4) is 0 Å². The smallest absolute Gasteiger partial charge is 0.238 e. The summed E-state index contributed by atoms with van der Waals surface area (Å²) in [5.41, 5.74) is 0.789. The van der Waals surface area contributed by atoms with Gasteiger partial charge < -0.3 is 10.6 Å². The summed E-state index contributed by atoms with van der Waals surface area (Å²) in [6.07, 6.45) is 1.94. The quantitative estimate of drug-likeness (QED) is 0.745. The average molecular weight is 399 g/mol. The molecule has 0 aliphatic carbocycles. The van der Waals surface area contributed by atoms with Gasteiger partial charge in [0.2, 0.25) is 5.91 Å². The van der Waals surface area contributed by atoms with Crippen LogP contribution in [-0.2, 0) is 4.79 Å². The van der Waals surface area contributed by atoms with Crippen molar-refractivity contribution in [3.8, 4) is 0 Å². The van der Waals surface area contributed by atoms with Crippen molar-refractivity contribution in [2.75, 3.05) is 13.1 Å². The molecule has 2 unspecified atom stereocenters. The molecule has 1 aliphatic heterocycles. The van der Waals surface area contributed by atoms with Crippen molar-refractivity contribution in [3.63, 3.8) is 0 Å². The zero-order valence-electron chi connectivity index (χ0n) is 14.1. The lowest BCUT2D eigenvalue weighted by atomic mass is 10.1. The Labute approximate surface area is 162 Å². The first-order valence-electron chi connectivity index (χ1n) is 8.31. The standard InChI is InChI=1S/C19H20F2N2OS.ClH/c20-14-8-9-17(16(21)11-14)25-18(13-5-2-1-3-6-13)19(24)23-15-7-4-10-22-12-15;/h1-3,5-6,8-9,11,15,18,22H,4,7,10,12H2,(H,23,24);1H. The molecule has 2 atom stereocenters. The van der Waals surface area contributed by atoms with E-state index in [9.17, 15) is 13.6 Å². The second-order valence-electron chi connectivity index (χ2n) is 6.04. The van der Waals surface area contributed by atoms with Crippen LogP contribution in [-0.4, -0.2) is 25.0 Å². The summed E-state index contributed by atoms with van der Waals surface area (Å²) in [7, 11) is 0. The van der Waals surface area contributed by atoms with Crippen LogP contribution in [0.5, 0.6) is 0 Å². The number of piperidine rings is 1. The Morgan fingerprint density at radius 2 is 1.96 bits per heavy atom. The fourth-order valence-electron chi connectivity index (χ4n) is 2.85. The van der Waals surface area contributed by atoms with Gasteiger partial charge >= 0.3 is 0 Å². The Morgan fingerprint density at radius 1 is 1.19 bits per heavy atom. The normalized spacial score (nSPS) is 17.8. The van der Waals surface area contributed by atoms with E-state index in [4.69, 9.17) is 0 Å². The molecule has 26 heavy (non-hydrogen) atoms. The van der Waals surface area contributed by atoms with Crippen LogP contribution in [0.25, 0.3) is 0 Å². The molecule has 1 aliphatic rings. The van der Waals surface area contributed by atoms with Gasteiger partial charge in [0.1, 0.15) is 16.9 Å². The molecule has 2 aromatic carbocycles. The van der Waals surface area contributed by atoms with Crippen LogP contribution in [0.2, 0.25) is 0 Å². The highest BCUT2D eigenvalue weighted by molar-refractivity contribution is 8.00. The van der Waals surface area contributed by atoms with E-state index in [1.54, 1.807) is 0 Å².